The molecule has 0 amide bonds. The lowest BCUT2D eigenvalue weighted by Crippen LogP contribution is -2.16. The van der Waals surface area contributed by atoms with Gasteiger partial charge >= 0.3 is 0 Å². The highest BCUT2D eigenvalue weighted by Crippen LogP contribution is 2.44. The van der Waals surface area contributed by atoms with Crippen LogP contribution in [-0.2, 0) is 0 Å². The summed E-state index contributed by atoms with van der Waals surface area (Å²) in [5, 5.41) is 8.57. The monoisotopic (exact) mass is 285 g/mol. The fourth-order valence-corrected chi connectivity index (χ4v) is 3.01. The van der Waals surface area contributed by atoms with Crippen molar-refractivity contribution in [2.75, 3.05) is 0 Å². The number of nitrogens with one attached hydrogen (secondary N) is 1. The minimum atomic E-state index is 0.105. The van der Waals surface area contributed by atoms with Crippen LogP contribution in [0.25, 0.3) is 5.32 Å². The molecule has 1 aliphatic heterocycles. The maximum Gasteiger partial charge on any atom is -0.00728 e. The van der Waals surface area contributed by atoms with E-state index in [1.165, 1.54) is 11.1 Å². The highest BCUT2D eigenvalue weighted by Gasteiger charge is 2.25. The Morgan fingerprint density at radius 3 is 1.95 bits per heavy atom. The second-order valence-corrected chi connectivity index (χ2v) is 5.54. The maximum absolute atomic E-state index is 4.96. The summed E-state index contributed by atoms with van der Waals surface area (Å²) in [5.74, 6) is 0.979. The Balaban J connectivity index is 1.75. The second-order valence-electron chi connectivity index (χ2n) is 5.54. The first-order valence-corrected chi connectivity index (χ1v) is 7.58. The molecule has 1 saturated heterocycles. The van der Waals surface area contributed by atoms with E-state index in [4.69, 9.17) is 5.32 Å². The van der Waals surface area contributed by atoms with Crippen LogP contribution in [0.15, 0.2) is 96.4 Å². The average molecular weight is 285 g/mol. The summed E-state index contributed by atoms with van der Waals surface area (Å²) in [6.45, 7) is 0. The lowest BCUT2D eigenvalue weighted by atomic mass is 9.95. The molecule has 0 bridgehead atoms. The van der Waals surface area contributed by atoms with Crippen LogP contribution >= 0.6 is 0 Å². The summed E-state index contributed by atoms with van der Waals surface area (Å²) in [6.07, 6.45) is 8.29. The molecule has 1 aliphatic carbocycles. The molecule has 1 fully saturated rings. The third-order valence-electron chi connectivity index (χ3n) is 4.11. The summed E-state index contributed by atoms with van der Waals surface area (Å²) < 4.78 is 0. The van der Waals surface area contributed by atoms with Crippen LogP contribution in [0.5, 0.6) is 0 Å². The molecule has 4 rings (SSSR count). The zero-order valence-electron chi connectivity index (χ0n) is 12.2. The Kier molecular flexibility index (Phi) is 3.28. The molecule has 2 aromatic carbocycles. The maximum atomic E-state index is 4.96. The van der Waals surface area contributed by atoms with Gasteiger partial charge in [-0.1, -0.05) is 90.8 Å². The van der Waals surface area contributed by atoms with Gasteiger partial charge in [-0.3, -0.25) is 0 Å². The van der Waals surface area contributed by atoms with E-state index in [2.05, 4.69) is 72.1 Å². The Hall–Kier alpha value is -2.74. The smallest absolute Gasteiger partial charge is 0.00728 e. The summed E-state index contributed by atoms with van der Waals surface area (Å²) in [4.78, 5) is 0. The van der Waals surface area contributed by atoms with Gasteiger partial charge in [-0.15, -0.1) is 0 Å². The van der Waals surface area contributed by atoms with Crippen LogP contribution in [0.2, 0.25) is 0 Å². The van der Waals surface area contributed by atoms with Gasteiger partial charge in [0.05, 0.1) is 0 Å². The molecule has 0 unspecified atom stereocenters. The van der Waals surface area contributed by atoms with Gasteiger partial charge in [0.15, 0.2) is 0 Å². The van der Waals surface area contributed by atoms with Crippen LogP contribution in [0.3, 0.4) is 0 Å². The summed E-state index contributed by atoms with van der Waals surface area (Å²) in [5.41, 5.74) is 3.66. The summed E-state index contributed by atoms with van der Waals surface area (Å²) >= 11 is 0. The van der Waals surface area contributed by atoms with Crippen molar-refractivity contribution in [1.29, 1.82) is 0 Å². The van der Waals surface area contributed by atoms with Gasteiger partial charge < -0.3 is 10.6 Å². The number of allylic oxidation sites excluding steroid dienone is 5. The van der Waals surface area contributed by atoms with Crippen molar-refractivity contribution >= 4 is 0 Å². The molecular formula is C20H17N2-. The molecule has 22 heavy (non-hydrogen) atoms. The van der Waals surface area contributed by atoms with Gasteiger partial charge in [-0.2, -0.15) is 0 Å². The van der Waals surface area contributed by atoms with Gasteiger partial charge in [0, 0.05) is 0 Å². The van der Waals surface area contributed by atoms with E-state index >= 15 is 0 Å². The minimum Gasteiger partial charge on any atom is -0.474 e. The first-order chi connectivity index (χ1) is 10.9. The molecule has 108 valence electrons. The first-order valence-electron chi connectivity index (χ1n) is 7.58. The SMILES string of the molecule is C1=CC(=C2[N-][C@H](c3ccccc3)[C@@H](c3ccccc3)N2)C=C1. The molecule has 1 heterocycles. The molecule has 0 radical (unpaired) electrons. The number of rotatable bonds is 2. The lowest BCUT2D eigenvalue weighted by molar-refractivity contribution is 0.608. The molecule has 0 spiro atoms. The van der Waals surface area contributed by atoms with E-state index in [0.29, 0.717) is 0 Å². The van der Waals surface area contributed by atoms with Crippen molar-refractivity contribution in [3.63, 3.8) is 0 Å². The van der Waals surface area contributed by atoms with Gasteiger partial charge in [0.25, 0.3) is 0 Å². The van der Waals surface area contributed by atoms with E-state index in [0.717, 1.165) is 11.4 Å². The first kappa shape index (κ1) is 13.0. The quantitative estimate of drug-likeness (QED) is 0.844. The average Bonchev–Trinajstić information content (AvgIpc) is 3.26. The minimum absolute atomic E-state index is 0.105. The topological polar surface area (TPSA) is 26.1 Å². The van der Waals surface area contributed by atoms with Crippen molar-refractivity contribution in [2.45, 2.75) is 12.1 Å². The van der Waals surface area contributed by atoms with E-state index in [9.17, 15) is 0 Å². The predicted octanol–water partition coefficient (Wildman–Crippen LogP) is 4.78. The number of hydrogen-bond donors (Lipinski definition) is 1. The van der Waals surface area contributed by atoms with Gasteiger partial charge in [-0.25, -0.2) is 0 Å². The Morgan fingerprint density at radius 1 is 0.727 bits per heavy atom. The Morgan fingerprint density at radius 2 is 1.32 bits per heavy atom. The zero-order chi connectivity index (χ0) is 14.8. The molecule has 0 saturated carbocycles. The zero-order valence-corrected chi connectivity index (χ0v) is 12.2. The molecular weight excluding hydrogens is 268 g/mol. The van der Waals surface area contributed by atoms with Crippen LogP contribution < -0.4 is 5.32 Å². The standard InChI is InChI=1S/C20H17N2/c1-3-9-15(10-4-1)18-19(16-11-5-2-6-12-16)22-20(21-18)17-13-7-8-14-17/h1-14,18-19,21H/q-1/t18-,19-/m1/s1. The predicted molar refractivity (Wildman–Crippen MR) is 90.2 cm³/mol. The molecule has 2 atom stereocenters. The molecule has 0 aromatic heterocycles. The third kappa shape index (κ3) is 2.33. The van der Waals surface area contributed by atoms with Crippen molar-refractivity contribution in [3.05, 3.63) is 113 Å². The van der Waals surface area contributed by atoms with E-state index in [1.54, 1.807) is 0 Å². The van der Waals surface area contributed by atoms with Crippen LogP contribution in [0, 0.1) is 0 Å². The molecule has 2 nitrogen and oxygen atoms in total. The largest absolute Gasteiger partial charge is 0.474 e. The van der Waals surface area contributed by atoms with E-state index < -0.39 is 0 Å². The normalized spacial score (nSPS) is 22.7. The van der Waals surface area contributed by atoms with Crippen molar-refractivity contribution in [1.82, 2.24) is 5.32 Å². The van der Waals surface area contributed by atoms with Crippen LogP contribution in [0.1, 0.15) is 23.2 Å². The van der Waals surface area contributed by atoms with Crippen molar-refractivity contribution in [3.8, 4) is 0 Å². The number of nitrogens with zero attached hydrogens (tertiary/aromatic N) is 1. The van der Waals surface area contributed by atoms with Gasteiger partial charge in [0.2, 0.25) is 0 Å². The Bertz CT molecular complexity index is 678. The fraction of sp³-hybridized carbons (Fsp3) is 0.100. The second kappa shape index (κ2) is 5.57. The highest BCUT2D eigenvalue weighted by atomic mass is 15.2. The van der Waals surface area contributed by atoms with Gasteiger partial charge in [0.1, 0.15) is 0 Å². The fourth-order valence-electron chi connectivity index (χ4n) is 3.01. The molecule has 1 N–H and O–H groups in total. The molecule has 2 aliphatic rings. The van der Waals surface area contributed by atoms with E-state index in [1.807, 2.05) is 18.2 Å². The van der Waals surface area contributed by atoms with Crippen LogP contribution in [0.4, 0.5) is 0 Å². The summed E-state index contributed by atoms with van der Waals surface area (Å²) in [7, 11) is 0. The number of benzene rings is 2. The molecule has 2 heteroatoms. The van der Waals surface area contributed by atoms with E-state index in [-0.39, 0.29) is 12.1 Å². The van der Waals surface area contributed by atoms with Crippen molar-refractivity contribution < 1.29 is 0 Å². The van der Waals surface area contributed by atoms with Crippen molar-refractivity contribution in [2.24, 2.45) is 0 Å². The summed E-state index contributed by atoms with van der Waals surface area (Å²) in [6, 6.07) is 21.3. The highest BCUT2D eigenvalue weighted by molar-refractivity contribution is 5.51. The molecule has 2 aromatic rings. The van der Waals surface area contributed by atoms with Gasteiger partial charge in [-0.05, 0) is 28.8 Å². The lowest BCUT2D eigenvalue weighted by Gasteiger charge is -2.25. The van der Waals surface area contributed by atoms with Crippen LogP contribution in [-0.4, -0.2) is 0 Å². The third-order valence-corrected chi connectivity index (χ3v) is 4.11. The number of hydrogen-bond acceptors (Lipinski definition) is 1. The Labute approximate surface area is 130 Å².